The maximum Gasteiger partial charge on any atom is 0.248 e. The van der Waals surface area contributed by atoms with E-state index in [-0.39, 0.29) is 11.8 Å². The highest BCUT2D eigenvalue weighted by molar-refractivity contribution is 7.92. The van der Waals surface area contributed by atoms with Crippen molar-refractivity contribution in [3.8, 4) is 0 Å². The number of amides is 1. The molecule has 0 heterocycles. The zero-order valence-electron chi connectivity index (χ0n) is 17.5. The highest BCUT2D eigenvalue weighted by Gasteiger charge is 2.32. The largest absolute Gasteiger partial charge is 0.324 e. The van der Waals surface area contributed by atoms with E-state index < -0.39 is 16.1 Å². The second-order valence-electron chi connectivity index (χ2n) is 7.56. The van der Waals surface area contributed by atoms with Crippen LogP contribution in [0.15, 0.2) is 42.5 Å². The lowest BCUT2D eigenvalue weighted by Gasteiger charge is -2.31. The van der Waals surface area contributed by atoms with E-state index in [9.17, 15) is 13.2 Å². The van der Waals surface area contributed by atoms with Crippen molar-refractivity contribution in [1.29, 1.82) is 0 Å². The van der Waals surface area contributed by atoms with Gasteiger partial charge in [0.25, 0.3) is 0 Å². The fraction of sp³-hybridized carbons (Fsp3) is 0.409. The molecule has 0 aromatic heterocycles. The van der Waals surface area contributed by atoms with Gasteiger partial charge in [-0.1, -0.05) is 45.0 Å². The summed E-state index contributed by atoms with van der Waals surface area (Å²) in [6.45, 7) is 9.76. The minimum Gasteiger partial charge on any atom is -0.324 e. The zero-order chi connectivity index (χ0) is 21.1. The van der Waals surface area contributed by atoms with Gasteiger partial charge in [0.15, 0.2) is 0 Å². The van der Waals surface area contributed by atoms with Gasteiger partial charge in [0.2, 0.25) is 15.9 Å². The van der Waals surface area contributed by atoms with E-state index in [4.69, 9.17) is 0 Å². The molecule has 0 bridgehead atoms. The number of para-hydroxylation sites is 1. The van der Waals surface area contributed by atoms with Crippen LogP contribution < -0.4 is 9.62 Å². The zero-order valence-corrected chi connectivity index (χ0v) is 18.3. The molecular formula is C22H30N2O3S. The summed E-state index contributed by atoms with van der Waals surface area (Å²) in [6.07, 6.45) is 1.50. The SMILES string of the molecule is CCC(C(=O)Nc1ccccc1C(C)C)N(c1cc(C)cc(C)c1)S(C)(=O)=O. The lowest BCUT2D eigenvalue weighted by atomic mass is 10.0. The van der Waals surface area contributed by atoms with Gasteiger partial charge in [0.05, 0.1) is 11.9 Å². The molecule has 2 aromatic rings. The molecule has 2 aromatic carbocycles. The second kappa shape index (κ2) is 8.78. The Morgan fingerprint density at radius 1 is 1.07 bits per heavy atom. The molecule has 1 atom stereocenters. The number of aryl methyl sites for hydroxylation is 2. The standard InChI is InChI=1S/C22H30N2O3S/c1-7-21(22(25)23-20-11-9-8-10-19(20)15(2)3)24(28(6,26)27)18-13-16(4)12-17(5)14-18/h8-15,21H,7H2,1-6H3,(H,23,25). The highest BCUT2D eigenvalue weighted by atomic mass is 32.2. The minimum atomic E-state index is -3.65. The molecule has 2 rings (SSSR count). The average Bonchev–Trinajstić information content (AvgIpc) is 2.57. The summed E-state index contributed by atoms with van der Waals surface area (Å²) < 4.78 is 26.5. The van der Waals surface area contributed by atoms with Gasteiger partial charge in [-0.05, 0) is 61.1 Å². The molecule has 0 aliphatic carbocycles. The molecule has 152 valence electrons. The molecule has 1 N–H and O–H groups in total. The summed E-state index contributed by atoms with van der Waals surface area (Å²) in [5.41, 5.74) is 4.14. The van der Waals surface area contributed by atoms with Crippen molar-refractivity contribution in [2.45, 2.75) is 53.0 Å². The molecule has 5 nitrogen and oxygen atoms in total. The van der Waals surface area contributed by atoms with E-state index in [2.05, 4.69) is 19.2 Å². The number of nitrogens with zero attached hydrogens (tertiary/aromatic N) is 1. The lowest BCUT2D eigenvalue weighted by Crippen LogP contribution is -2.47. The van der Waals surface area contributed by atoms with Crippen molar-refractivity contribution >= 4 is 27.3 Å². The van der Waals surface area contributed by atoms with Crippen molar-refractivity contribution in [3.05, 3.63) is 59.2 Å². The van der Waals surface area contributed by atoms with Crippen molar-refractivity contribution < 1.29 is 13.2 Å². The summed E-state index contributed by atoms with van der Waals surface area (Å²) in [4.78, 5) is 13.1. The first-order valence-corrected chi connectivity index (χ1v) is 11.4. The summed E-state index contributed by atoms with van der Waals surface area (Å²) >= 11 is 0. The van der Waals surface area contributed by atoms with Crippen molar-refractivity contribution in [3.63, 3.8) is 0 Å². The van der Waals surface area contributed by atoms with Crippen LogP contribution in [-0.2, 0) is 14.8 Å². The predicted octanol–water partition coefficient (Wildman–Crippen LogP) is 4.61. The molecule has 6 heteroatoms. The van der Waals surface area contributed by atoms with Crippen LogP contribution in [0.2, 0.25) is 0 Å². The van der Waals surface area contributed by atoms with Gasteiger partial charge >= 0.3 is 0 Å². The first-order valence-electron chi connectivity index (χ1n) is 9.52. The van der Waals surface area contributed by atoms with E-state index in [0.29, 0.717) is 12.1 Å². The predicted molar refractivity (Wildman–Crippen MR) is 116 cm³/mol. The maximum absolute atomic E-state index is 13.1. The number of carbonyl (C=O) groups excluding carboxylic acids is 1. The van der Waals surface area contributed by atoms with Gasteiger partial charge < -0.3 is 5.32 Å². The molecule has 0 aliphatic heterocycles. The molecular weight excluding hydrogens is 372 g/mol. The number of hydrogen-bond acceptors (Lipinski definition) is 3. The van der Waals surface area contributed by atoms with Gasteiger partial charge in [-0.25, -0.2) is 8.42 Å². The molecule has 0 saturated heterocycles. The van der Waals surface area contributed by atoms with Crippen molar-refractivity contribution in [1.82, 2.24) is 0 Å². The van der Waals surface area contributed by atoms with Gasteiger partial charge in [0, 0.05) is 5.69 Å². The van der Waals surface area contributed by atoms with Gasteiger partial charge in [-0.3, -0.25) is 9.10 Å². The monoisotopic (exact) mass is 402 g/mol. The van der Waals surface area contributed by atoms with E-state index in [1.807, 2.05) is 51.1 Å². The Kier molecular flexibility index (Phi) is 6.88. The van der Waals surface area contributed by atoms with Crippen LogP contribution in [-0.4, -0.2) is 26.6 Å². The summed E-state index contributed by atoms with van der Waals surface area (Å²) in [6, 6.07) is 12.3. The van der Waals surface area contributed by atoms with Crippen LogP contribution in [0.1, 0.15) is 49.8 Å². The molecule has 0 radical (unpaired) electrons. The fourth-order valence-corrected chi connectivity index (χ4v) is 4.66. The molecule has 0 spiro atoms. The molecule has 0 fully saturated rings. The number of carbonyl (C=O) groups is 1. The van der Waals surface area contributed by atoms with Crippen LogP contribution in [0.3, 0.4) is 0 Å². The lowest BCUT2D eigenvalue weighted by molar-refractivity contribution is -0.117. The molecule has 0 saturated carbocycles. The van der Waals surface area contributed by atoms with Crippen LogP contribution >= 0.6 is 0 Å². The van der Waals surface area contributed by atoms with Crippen LogP contribution in [0.4, 0.5) is 11.4 Å². The number of sulfonamides is 1. The Labute approximate surface area is 168 Å². The molecule has 28 heavy (non-hydrogen) atoms. The Morgan fingerprint density at radius 3 is 2.14 bits per heavy atom. The molecule has 1 unspecified atom stereocenters. The van der Waals surface area contributed by atoms with Crippen molar-refractivity contribution in [2.75, 3.05) is 15.9 Å². The highest BCUT2D eigenvalue weighted by Crippen LogP contribution is 2.28. The Hall–Kier alpha value is -2.34. The third kappa shape index (κ3) is 5.13. The van der Waals surface area contributed by atoms with Crippen LogP contribution in [0.25, 0.3) is 0 Å². The third-order valence-electron chi connectivity index (χ3n) is 4.63. The van der Waals surface area contributed by atoms with Gasteiger partial charge in [-0.2, -0.15) is 0 Å². The Balaban J connectivity index is 2.46. The summed E-state index contributed by atoms with van der Waals surface area (Å²) in [7, 11) is -3.65. The van der Waals surface area contributed by atoms with Crippen LogP contribution in [0, 0.1) is 13.8 Å². The Morgan fingerprint density at radius 2 is 1.64 bits per heavy atom. The summed E-state index contributed by atoms with van der Waals surface area (Å²) in [5.74, 6) is -0.0952. The van der Waals surface area contributed by atoms with Gasteiger partial charge in [0.1, 0.15) is 6.04 Å². The first kappa shape index (κ1) is 22.0. The Bertz CT molecular complexity index is 932. The third-order valence-corrected chi connectivity index (χ3v) is 5.81. The van der Waals surface area contributed by atoms with Crippen LogP contribution in [0.5, 0.6) is 0 Å². The average molecular weight is 403 g/mol. The quantitative estimate of drug-likeness (QED) is 0.735. The number of anilines is 2. The fourth-order valence-electron chi connectivity index (χ4n) is 3.47. The van der Waals surface area contributed by atoms with Crippen molar-refractivity contribution in [2.24, 2.45) is 0 Å². The smallest absolute Gasteiger partial charge is 0.248 e. The minimum absolute atomic E-state index is 0.238. The normalized spacial score (nSPS) is 12.7. The number of benzene rings is 2. The first-order chi connectivity index (χ1) is 13.0. The number of nitrogens with one attached hydrogen (secondary N) is 1. The van der Waals surface area contributed by atoms with E-state index >= 15 is 0 Å². The van der Waals surface area contributed by atoms with Gasteiger partial charge in [-0.15, -0.1) is 0 Å². The number of hydrogen-bond donors (Lipinski definition) is 1. The second-order valence-corrected chi connectivity index (χ2v) is 9.42. The maximum atomic E-state index is 13.1. The number of rotatable bonds is 7. The topological polar surface area (TPSA) is 66.5 Å². The van der Waals surface area contributed by atoms with E-state index in [1.54, 1.807) is 12.1 Å². The molecule has 0 aliphatic rings. The van der Waals surface area contributed by atoms with E-state index in [0.717, 1.165) is 28.6 Å². The van der Waals surface area contributed by atoms with E-state index in [1.165, 1.54) is 4.31 Å². The molecule has 1 amide bonds. The summed E-state index contributed by atoms with van der Waals surface area (Å²) in [5, 5.41) is 2.95.